The minimum atomic E-state index is -0.752. The summed E-state index contributed by atoms with van der Waals surface area (Å²) in [5.41, 5.74) is 12.3. The van der Waals surface area contributed by atoms with E-state index in [1.165, 1.54) is 11.3 Å². The summed E-state index contributed by atoms with van der Waals surface area (Å²) < 4.78 is 0.732. The second-order valence-electron chi connectivity index (χ2n) is 8.78. The number of carbonyl (C=O) groups excluding carboxylic acids is 1. The Kier molecular flexibility index (Phi) is 6.53. The lowest BCUT2D eigenvalue weighted by atomic mass is 9.76. The molecule has 1 amide bonds. The molecule has 0 bridgehead atoms. The van der Waals surface area contributed by atoms with Crippen molar-refractivity contribution < 1.29 is 15.1 Å². The number of halogens is 1. The highest BCUT2D eigenvalue weighted by atomic mass is 35.5. The maximum atomic E-state index is 12.9. The Hall–Kier alpha value is -3.65. The molecular weight excluding hydrogens is 494 g/mol. The van der Waals surface area contributed by atoms with E-state index in [9.17, 15) is 9.90 Å². The van der Waals surface area contributed by atoms with E-state index >= 15 is 0 Å². The zero-order valence-corrected chi connectivity index (χ0v) is 21.0. The fourth-order valence-electron chi connectivity index (χ4n) is 4.63. The highest BCUT2D eigenvalue weighted by Crippen LogP contribution is 2.44. The van der Waals surface area contributed by atoms with Crippen LogP contribution in [0.1, 0.15) is 62.7 Å². The van der Waals surface area contributed by atoms with Crippen LogP contribution in [0.15, 0.2) is 78.0 Å². The van der Waals surface area contributed by atoms with Gasteiger partial charge in [-0.15, -0.1) is 11.3 Å². The van der Waals surface area contributed by atoms with Gasteiger partial charge in [0.2, 0.25) is 0 Å². The molecule has 0 radical (unpaired) electrons. The molecule has 182 valence electrons. The first-order chi connectivity index (χ1) is 17.4. The fourth-order valence-corrected chi connectivity index (χ4v) is 5.67. The van der Waals surface area contributed by atoms with Crippen molar-refractivity contribution in [2.45, 2.75) is 25.5 Å². The third kappa shape index (κ3) is 4.48. The van der Waals surface area contributed by atoms with Crippen LogP contribution in [0.5, 0.6) is 0 Å². The molecule has 0 saturated carbocycles. The third-order valence-electron chi connectivity index (χ3n) is 6.63. The average molecular weight is 518 g/mol. The normalized spacial score (nSPS) is 16.8. The molecule has 5 rings (SSSR count). The quantitative estimate of drug-likeness (QED) is 0.119. The van der Waals surface area contributed by atoms with Crippen LogP contribution in [0.25, 0.3) is 10.4 Å². The summed E-state index contributed by atoms with van der Waals surface area (Å²) in [4.78, 5) is 14.0. The molecule has 36 heavy (non-hydrogen) atoms. The van der Waals surface area contributed by atoms with E-state index < -0.39 is 6.10 Å². The van der Waals surface area contributed by atoms with Gasteiger partial charge in [-0.05, 0) is 63.7 Å². The van der Waals surface area contributed by atoms with Gasteiger partial charge in [0, 0.05) is 28.5 Å². The highest BCUT2D eigenvalue weighted by Gasteiger charge is 2.30. The van der Waals surface area contributed by atoms with Crippen molar-refractivity contribution in [3.63, 3.8) is 0 Å². The topological polar surface area (TPSA) is 108 Å². The van der Waals surface area contributed by atoms with Gasteiger partial charge in [0.25, 0.3) is 5.91 Å². The predicted molar refractivity (Wildman–Crippen MR) is 143 cm³/mol. The molecule has 0 unspecified atom stereocenters. The van der Waals surface area contributed by atoms with Crippen LogP contribution >= 0.6 is 22.9 Å². The maximum Gasteiger partial charge on any atom is 0.251 e. The maximum absolute atomic E-state index is 12.9. The van der Waals surface area contributed by atoms with Gasteiger partial charge in [-0.3, -0.25) is 4.79 Å². The van der Waals surface area contributed by atoms with Crippen molar-refractivity contribution in [2.24, 2.45) is 10.9 Å². The van der Waals surface area contributed by atoms with Crippen LogP contribution in [0, 0.1) is 0 Å². The summed E-state index contributed by atoms with van der Waals surface area (Å²) >= 11 is 7.65. The predicted octanol–water partition coefficient (Wildman–Crippen LogP) is 5.64. The zero-order valence-electron chi connectivity index (χ0n) is 19.4. The summed E-state index contributed by atoms with van der Waals surface area (Å²) in [5.74, 6) is -0.163. The number of nitrogens with two attached hydrogens (primary N) is 1. The van der Waals surface area contributed by atoms with Crippen LogP contribution in [-0.4, -0.2) is 22.1 Å². The number of hydrogen-bond acceptors (Lipinski definition) is 5. The number of benzene rings is 3. The van der Waals surface area contributed by atoms with E-state index in [2.05, 4.69) is 23.5 Å². The highest BCUT2D eigenvalue weighted by molar-refractivity contribution is 7.19. The van der Waals surface area contributed by atoms with Gasteiger partial charge in [0.1, 0.15) is 6.10 Å². The number of aliphatic hydroxyl groups is 1. The number of nitrogens with zero attached hydrogens (tertiary/aromatic N) is 1. The van der Waals surface area contributed by atoms with Gasteiger partial charge in [0.15, 0.2) is 5.84 Å². The van der Waals surface area contributed by atoms with E-state index in [1.807, 2.05) is 48.5 Å². The average Bonchev–Trinajstić information content (AvgIpc) is 3.35. The number of hydrogen-bond donors (Lipinski definition) is 4. The monoisotopic (exact) mass is 517 g/mol. The number of amidine groups is 1. The lowest BCUT2D eigenvalue weighted by molar-refractivity contribution is 0.0950. The first kappa shape index (κ1) is 24.1. The summed E-state index contributed by atoms with van der Waals surface area (Å²) in [7, 11) is 0. The van der Waals surface area contributed by atoms with Crippen LogP contribution in [-0.2, 0) is 6.54 Å². The van der Waals surface area contributed by atoms with Gasteiger partial charge in [-0.2, -0.15) is 0 Å². The summed E-state index contributed by atoms with van der Waals surface area (Å²) in [6.45, 7) is 2.43. The van der Waals surface area contributed by atoms with Gasteiger partial charge in [-0.1, -0.05) is 66.1 Å². The Morgan fingerprint density at radius 3 is 2.31 bits per heavy atom. The fraction of sp³-hybridized carbons (Fsp3) is 0.143. The first-order valence-corrected chi connectivity index (χ1v) is 12.6. The zero-order chi connectivity index (χ0) is 25.4. The number of oxime groups is 1. The summed E-state index contributed by atoms with van der Waals surface area (Å²) in [6, 6.07) is 22.5. The Morgan fingerprint density at radius 2 is 1.64 bits per heavy atom. The molecular formula is C28H24ClN3O3S. The van der Waals surface area contributed by atoms with E-state index in [0.29, 0.717) is 17.7 Å². The molecule has 1 heterocycles. The molecule has 1 aromatic heterocycles. The van der Waals surface area contributed by atoms with Crippen LogP contribution in [0.3, 0.4) is 0 Å². The van der Waals surface area contributed by atoms with Crippen LogP contribution in [0.2, 0.25) is 4.34 Å². The molecule has 3 aromatic carbocycles. The van der Waals surface area contributed by atoms with Crippen molar-refractivity contribution in [3.8, 4) is 10.4 Å². The molecule has 0 spiro atoms. The molecule has 5 N–H and O–H groups in total. The molecule has 0 aliphatic heterocycles. The van der Waals surface area contributed by atoms with Gasteiger partial charge in [0.05, 0.1) is 4.34 Å². The second kappa shape index (κ2) is 9.78. The second-order valence-corrected chi connectivity index (χ2v) is 10.5. The van der Waals surface area contributed by atoms with E-state index in [1.54, 1.807) is 18.2 Å². The van der Waals surface area contributed by atoms with E-state index in [0.717, 1.165) is 42.6 Å². The van der Waals surface area contributed by atoms with Crippen molar-refractivity contribution in [1.29, 1.82) is 0 Å². The molecule has 8 heteroatoms. The molecule has 0 saturated heterocycles. The largest absolute Gasteiger partial charge is 0.409 e. The standard InChI is InChI=1S/C28H24ClN3O3S/c1-15-22-12-18(24-10-11-25(29)36-24)6-8-20(22)26(33)21-9-7-19(13-23(15)21)28(34)31-14-16-2-4-17(5-3-16)27(30)32-35/h2-13,15,26,33,35H,14H2,1H3,(H2,30,32)(H,31,34)/t15-,26+/m1/s1. The third-order valence-corrected chi connectivity index (χ3v) is 7.91. The first-order valence-electron chi connectivity index (χ1n) is 11.4. The van der Waals surface area contributed by atoms with Crippen molar-refractivity contribution in [1.82, 2.24) is 5.32 Å². The molecule has 6 nitrogen and oxygen atoms in total. The Bertz CT molecular complexity index is 1480. The number of nitrogens with one attached hydrogen (secondary N) is 1. The van der Waals surface area contributed by atoms with Gasteiger partial charge in [-0.25, -0.2) is 0 Å². The Morgan fingerprint density at radius 1 is 0.972 bits per heavy atom. The minimum Gasteiger partial charge on any atom is -0.409 e. The van der Waals surface area contributed by atoms with Crippen molar-refractivity contribution >= 4 is 34.7 Å². The number of rotatable bonds is 5. The van der Waals surface area contributed by atoms with Gasteiger partial charge < -0.3 is 21.4 Å². The SMILES string of the molecule is C[C@H]1c2cc(C(=O)NCc3ccc(C(N)=NO)cc3)ccc2[C@@H](O)c2ccc(-c3ccc(Cl)s3)cc21. The molecule has 1 aliphatic rings. The van der Waals surface area contributed by atoms with E-state index in [-0.39, 0.29) is 17.7 Å². The molecule has 1 aliphatic carbocycles. The van der Waals surface area contributed by atoms with Crippen LogP contribution in [0.4, 0.5) is 0 Å². The molecule has 4 aromatic rings. The molecule has 2 atom stereocenters. The number of fused-ring (bicyclic) bond motifs is 2. The van der Waals surface area contributed by atoms with Gasteiger partial charge >= 0.3 is 0 Å². The number of carbonyl (C=O) groups is 1. The number of amides is 1. The summed E-state index contributed by atoms with van der Waals surface area (Å²) in [6.07, 6.45) is -0.752. The smallest absolute Gasteiger partial charge is 0.251 e. The Labute approximate surface area is 217 Å². The van der Waals surface area contributed by atoms with E-state index in [4.69, 9.17) is 22.5 Å². The van der Waals surface area contributed by atoms with Crippen molar-refractivity contribution in [2.75, 3.05) is 0 Å². The molecule has 0 fully saturated rings. The van der Waals surface area contributed by atoms with Crippen LogP contribution < -0.4 is 11.1 Å². The summed E-state index contributed by atoms with van der Waals surface area (Å²) in [5, 5.41) is 25.8. The van der Waals surface area contributed by atoms with Crippen molar-refractivity contribution in [3.05, 3.63) is 116 Å². The number of aliphatic hydroxyl groups excluding tert-OH is 1. The Balaban J connectivity index is 1.37. The lowest BCUT2D eigenvalue weighted by Crippen LogP contribution is -2.24. The number of thiophene rings is 1. The lowest BCUT2D eigenvalue weighted by Gasteiger charge is -2.30. The minimum absolute atomic E-state index is 0.00715.